The number of carbonyl (C=O) groups is 1. The second-order valence-electron chi connectivity index (χ2n) is 6.90. The van der Waals surface area contributed by atoms with Crippen LogP contribution >= 0.6 is 11.6 Å². The normalized spacial score (nSPS) is 20.9. The topological polar surface area (TPSA) is 81.1 Å². The maximum atomic E-state index is 12.9. The van der Waals surface area contributed by atoms with Gasteiger partial charge in [-0.1, -0.05) is 29.8 Å². The highest BCUT2D eigenvalue weighted by molar-refractivity contribution is 7.91. The van der Waals surface area contributed by atoms with E-state index in [1.165, 1.54) is 0 Å². The summed E-state index contributed by atoms with van der Waals surface area (Å²) in [6, 6.07) is 7.11. The molecule has 2 aliphatic rings. The molecule has 1 aliphatic heterocycles. The summed E-state index contributed by atoms with van der Waals surface area (Å²) in [5, 5.41) is 8.13. The van der Waals surface area contributed by atoms with Gasteiger partial charge in [-0.25, -0.2) is 8.42 Å². The molecule has 8 heteroatoms. The first-order chi connectivity index (χ1) is 12.4. The van der Waals surface area contributed by atoms with Crippen molar-refractivity contribution in [2.75, 3.05) is 11.5 Å². The summed E-state index contributed by atoms with van der Waals surface area (Å²) in [6.07, 6.45) is 3.14. The summed E-state index contributed by atoms with van der Waals surface area (Å²) in [6.45, 7) is 0.321. The average Bonchev–Trinajstić information content (AvgIpc) is 3.27. The fourth-order valence-electron chi connectivity index (χ4n) is 3.79. The van der Waals surface area contributed by atoms with Gasteiger partial charge in [0.05, 0.1) is 23.2 Å². The van der Waals surface area contributed by atoms with Gasteiger partial charge in [0.15, 0.2) is 9.84 Å². The molecule has 1 saturated heterocycles. The molecule has 2 heterocycles. The van der Waals surface area contributed by atoms with Crippen molar-refractivity contribution in [1.29, 1.82) is 0 Å². The van der Waals surface area contributed by atoms with Crippen molar-refractivity contribution in [3.63, 3.8) is 0 Å². The van der Waals surface area contributed by atoms with Gasteiger partial charge >= 0.3 is 0 Å². The number of fused-ring (bicyclic) bond motifs is 1. The van der Waals surface area contributed by atoms with E-state index in [0.717, 1.165) is 36.1 Å². The first kappa shape index (κ1) is 17.5. The van der Waals surface area contributed by atoms with Crippen molar-refractivity contribution in [3.8, 4) is 0 Å². The van der Waals surface area contributed by atoms with Crippen LogP contribution in [0.5, 0.6) is 0 Å². The summed E-state index contributed by atoms with van der Waals surface area (Å²) in [5.74, 6) is -0.00816. The van der Waals surface area contributed by atoms with E-state index in [0.29, 0.717) is 23.7 Å². The van der Waals surface area contributed by atoms with Crippen LogP contribution in [-0.2, 0) is 29.2 Å². The van der Waals surface area contributed by atoms with Gasteiger partial charge < -0.3 is 5.32 Å². The van der Waals surface area contributed by atoms with E-state index >= 15 is 0 Å². The van der Waals surface area contributed by atoms with Gasteiger partial charge in [0.25, 0.3) is 5.91 Å². The highest BCUT2D eigenvalue weighted by Crippen LogP contribution is 2.31. The summed E-state index contributed by atoms with van der Waals surface area (Å²) in [4.78, 5) is 12.9. The van der Waals surface area contributed by atoms with Gasteiger partial charge in [-0.05, 0) is 37.3 Å². The van der Waals surface area contributed by atoms with Crippen LogP contribution in [0.15, 0.2) is 24.3 Å². The summed E-state index contributed by atoms with van der Waals surface area (Å²) in [5.41, 5.74) is 3.25. The van der Waals surface area contributed by atoms with Gasteiger partial charge in [-0.2, -0.15) is 5.10 Å². The summed E-state index contributed by atoms with van der Waals surface area (Å²) < 4.78 is 25.4. The Labute approximate surface area is 157 Å². The molecule has 26 heavy (non-hydrogen) atoms. The molecule has 4 rings (SSSR count). The van der Waals surface area contributed by atoms with E-state index < -0.39 is 9.84 Å². The molecule has 0 radical (unpaired) electrons. The number of amides is 1. The van der Waals surface area contributed by atoms with Crippen LogP contribution in [0.3, 0.4) is 0 Å². The Morgan fingerprint density at radius 2 is 2.12 bits per heavy atom. The van der Waals surface area contributed by atoms with Crippen molar-refractivity contribution in [2.24, 2.45) is 0 Å². The van der Waals surface area contributed by atoms with Crippen molar-refractivity contribution >= 4 is 27.3 Å². The second-order valence-corrected chi connectivity index (χ2v) is 9.54. The average molecular weight is 394 g/mol. The lowest BCUT2D eigenvalue weighted by Crippen LogP contribution is -2.28. The Hall–Kier alpha value is -1.86. The number of aryl methyl sites for hydroxylation is 1. The van der Waals surface area contributed by atoms with Crippen LogP contribution in [0.4, 0.5) is 0 Å². The Bertz CT molecular complexity index is 968. The van der Waals surface area contributed by atoms with Crippen LogP contribution in [-0.4, -0.2) is 35.6 Å². The molecule has 0 spiro atoms. The molecule has 0 saturated carbocycles. The third-order valence-electron chi connectivity index (χ3n) is 5.10. The lowest BCUT2D eigenvalue weighted by atomic mass is 10.1. The minimum atomic E-state index is -3.05. The number of nitrogens with one attached hydrogen (secondary N) is 1. The van der Waals surface area contributed by atoms with Gasteiger partial charge in [-0.15, -0.1) is 0 Å². The second kappa shape index (κ2) is 6.70. The molecular weight excluding hydrogens is 374 g/mol. The molecule has 0 bridgehead atoms. The highest BCUT2D eigenvalue weighted by Gasteiger charge is 2.35. The standard InChI is InChI=1S/C18H20ClN3O3S/c19-15-6-2-1-4-12(15)10-20-18(23)17-14-5-3-7-16(14)21-22(17)13-8-9-26(24,25)11-13/h1-2,4,6,13H,3,5,7-11H2,(H,20,23)/t13-/m0/s1. The summed E-state index contributed by atoms with van der Waals surface area (Å²) >= 11 is 6.16. The molecule has 1 amide bonds. The molecule has 1 fully saturated rings. The number of halogens is 1. The smallest absolute Gasteiger partial charge is 0.270 e. The maximum absolute atomic E-state index is 12.9. The van der Waals surface area contributed by atoms with Crippen molar-refractivity contribution in [1.82, 2.24) is 15.1 Å². The molecule has 2 aromatic rings. The van der Waals surface area contributed by atoms with Crippen LogP contribution < -0.4 is 5.32 Å². The monoisotopic (exact) mass is 393 g/mol. The van der Waals surface area contributed by atoms with Crippen LogP contribution in [0.1, 0.15) is 46.2 Å². The lowest BCUT2D eigenvalue weighted by molar-refractivity contribution is 0.0937. The molecule has 6 nitrogen and oxygen atoms in total. The third-order valence-corrected chi connectivity index (χ3v) is 7.22. The van der Waals surface area contributed by atoms with E-state index in [-0.39, 0.29) is 23.5 Å². The summed E-state index contributed by atoms with van der Waals surface area (Å²) in [7, 11) is -3.05. The Kier molecular flexibility index (Phi) is 4.52. The molecule has 138 valence electrons. The molecule has 0 unspecified atom stereocenters. The van der Waals surface area contributed by atoms with Crippen LogP contribution in [0.25, 0.3) is 0 Å². The van der Waals surface area contributed by atoms with E-state index in [1.54, 1.807) is 10.7 Å². The molecule has 1 N–H and O–H groups in total. The first-order valence-corrected chi connectivity index (χ1v) is 11.0. The molecule has 1 aliphatic carbocycles. The Morgan fingerprint density at radius 3 is 2.85 bits per heavy atom. The van der Waals surface area contributed by atoms with Gasteiger partial charge in [0.1, 0.15) is 5.69 Å². The zero-order valence-electron chi connectivity index (χ0n) is 14.2. The quantitative estimate of drug-likeness (QED) is 0.864. The maximum Gasteiger partial charge on any atom is 0.270 e. The number of nitrogens with zero attached hydrogens (tertiary/aromatic N) is 2. The lowest BCUT2D eigenvalue weighted by Gasteiger charge is -2.15. The number of hydrogen-bond donors (Lipinski definition) is 1. The van der Waals surface area contributed by atoms with E-state index in [1.807, 2.05) is 18.2 Å². The number of carbonyl (C=O) groups excluding carboxylic acids is 1. The third kappa shape index (κ3) is 3.25. The van der Waals surface area contributed by atoms with Gasteiger partial charge in [0, 0.05) is 17.1 Å². The van der Waals surface area contributed by atoms with Crippen molar-refractivity contribution in [3.05, 3.63) is 51.8 Å². The van der Waals surface area contributed by atoms with E-state index in [2.05, 4.69) is 10.4 Å². The van der Waals surface area contributed by atoms with Crippen molar-refractivity contribution < 1.29 is 13.2 Å². The zero-order valence-corrected chi connectivity index (χ0v) is 15.8. The molecule has 1 aromatic carbocycles. The number of aromatic nitrogens is 2. The largest absolute Gasteiger partial charge is 0.347 e. The van der Waals surface area contributed by atoms with Gasteiger partial charge in [-0.3, -0.25) is 9.48 Å². The van der Waals surface area contributed by atoms with Crippen LogP contribution in [0.2, 0.25) is 5.02 Å². The predicted octanol–water partition coefficient (Wildman–Crippen LogP) is 2.31. The number of rotatable bonds is 4. The first-order valence-electron chi connectivity index (χ1n) is 8.77. The van der Waals surface area contributed by atoms with Crippen LogP contribution in [0, 0.1) is 0 Å². The molecular formula is C18H20ClN3O3S. The zero-order chi connectivity index (χ0) is 18.3. The Balaban J connectivity index is 1.61. The number of sulfone groups is 1. The van der Waals surface area contributed by atoms with E-state index in [4.69, 9.17) is 11.6 Å². The molecule has 1 atom stereocenters. The SMILES string of the molecule is O=C(NCc1ccccc1Cl)c1c2c(nn1[C@H]1CCS(=O)(=O)C1)CCC2. The fraction of sp³-hybridized carbons (Fsp3) is 0.444. The molecule has 1 aromatic heterocycles. The number of benzene rings is 1. The predicted molar refractivity (Wildman–Crippen MR) is 99.2 cm³/mol. The van der Waals surface area contributed by atoms with Crippen molar-refractivity contribution in [2.45, 2.75) is 38.3 Å². The van der Waals surface area contributed by atoms with Gasteiger partial charge in [0.2, 0.25) is 0 Å². The Morgan fingerprint density at radius 1 is 1.31 bits per heavy atom. The highest BCUT2D eigenvalue weighted by atomic mass is 35.5. The minimum absolute atomic E-state index is 0.0539. The van der Waals surface area contributed by atoms with E-state index in [9.17, 15) is 13.2 Å². The number of hydrogen-bond acceptors (Lipinski definition) is 4. The minimum Gasteiger partial charge on any atom is -0.347 e. The fourth-order valence-corrected chi connectivity index (χ4v) is 5.68.